The van der Waals surface area contributed by atoms with E-state index < -0.39 is 0 Å². The van der Waals surface area contributed by atoms with Gasteiger partial charge in [-0.3, -0.25) is 0 Å². The highest BCUT2D eigenvalue weighted by molar-refractivity contribution is 6.00. The molecule has 0 amide bonds. The lowest BCUT2D eigenvalue weighted by molar-refractivity contribution is 1.26. The normalized spacial score (nSPS) is 11.1. The maximum atomic E-state index is 2.38. The molecule has 8 rings (SSSR count). The van der Waals surface area contributed by atoms with Crippen LogP contribution in [0.5, 0.6) is 0 Å². The molecule has 0 aliphatic carbocycles. The van der Waals surface area contributed by atoms with Gasteiger partial charge in [0.2, 0.25) is 0 Å². The van der Waals surface area contributed by atoms with Crippen molar-refractivity contribution in [1.29, 1.82) is 0 Å². The minimum atomic E-state index is 1.12. The largest absolute Gasteiger partial charge is 0.310 e. The summed E-state index contributed by atoms with van der Waals surface area (Å²) in [5, 5.41) is 4.91. The van der Waals surface area contributed by atoms with Crippen molar-refractivity contribution in [2.45, 2.75) is 6.92 Å². The molecule has 8 aromatic rings. The lowest BCUT2D eigenvalue weighted by atomic mass is 10.0. The van der Waals surface area contributed by atoms with Gasteiger partial charge in [0.15, 0.2) is 0 Å². The molecule has 2 heteroatoms. The molecule has 0 fully saturated rings. The number of fused-ring (bicyclic) bond motifs is 2. The number of hydrogen-bond donors (Lipinski definition) is 0. The van der Waals surface area contributed by atoms with Gasteiger partial charge >= 0.3 is 0 Å². The van der Waals surface area contributed by atoms with E-state index in [4.69, 9.17) is 0 Å². The summed E-state index contributed by atoms with van der Waals surface area (Å²) in [5.74, 6) is 0. The fourth-order valence-electron chi connectivity index (χ4n) is 6.64. The second kappa shape index (κ2) is 12.3. The summed E-state index contributed by atoms with van der Waals surface area (Å²) in [6, 6.07) is 67.4. The molecular formula is C45H34N2. The monoisotopic (exact) mass is 602 g/mol. The van der Waals surface area contributed by atoms with Crippen LogP contribution < -0.4 is 9.80 Å². The van der Waals surface area contributed by atoms with E-state index in [-0.39, 0.29) is 0 Å². The molecule has 0 saturated heterocycles. The molecule has 224 valence electrons. The number of aryl methyl sites for hydroxylation is 1. The van der Waals surface area contributed by atoms with Gasteiger partial charge in [-0.2, -0.15) is 0 Å². The fraction of sp³-hybridized carbons (Fsp3) is 0.0222. The molecule has 0 N–H and O–H groups in total. The van der Waals surface area contributed by atoms with Crippen molar-refractivity contribution in [3.05, 3.63) is 194 Å². The van der Waals surface area contributed by atoms with E-state index in [1.807, 2.05) is 0 Å². The van der Waals surface area contributed by atoms with Crippen LogP contribution in [-0.2, 0) is 0 Å². The van der Waals surface area contributed by atoms with E-state index in [0.717, 1.165) is 22.7 Å². The first kappa shape index (κ1) is 28.4. The third-order valence-corrected chi connectivity index (χ3v) is 8.97. The van der Waals surface area contributed by atoms with E-state index >= 15 is 0 Å². The third-order valence-electron chi connectivity index (χ3n) is 8.97. The Bertz CT molecular complexity index is 2290. The number of benzene rings is 8. The zero-order valence-electron chi connectivity index (χ0n) is 26.3. The summed E-state index contributed by atoms with van der Waals surface area (Å²) in [6.45, 7) is 2.18. The van der Waals surface area contributed by atoms with Gasteiger partial charge in [-0.1, -0.05) is 133 Å². The van der Waals surface area contributed by atoms with E-state index in [1.54, 1.807) is 0 Å². The summed E-state index contributed by atoms with van der Waals surface area (Å²) < 4.78 is 0. The van der Waals surface area contributed by atoms with E-state index in [2.05, 4.69) is 205 Å². The van der Waals surface area contributed by atoms with Crippen LogP contribution in [0.15, 0.2) is 188 Å². The maximum Gasteiger partial charge on any atom is 0.0540 e. The molecule has 0 atom stereocenters. The summed E-state index contributed by atoms with van der Waals surface area (Å²) in [6.07, 6.45) is 0. The van der Waals surface area contributed by atoms with Crippen molar-refractivity contribution in [3.63, 3.8) is 0 Å². The van der Waals surface area contributed by atoms with Crippen LogP contribution in [0, 0.1) is 6.92 Å². The first-order valence-corrected chi connectivity index (χ1v) is 16.1. The number of nitrogens with zero attached hydrogens (tertiary/aromatic N) is 2. The Kier molecular flexibility index (Phi) is 7.45. The standard InChI is InChI=1S/C45H34N2/c1-33-13-5-10-22-43(33)47(45-24-12-17-37-15-7-9-21-42(37)45)40-31-27-35(28-32-40)34-25-29-39(30-26-34)46(38-18-3-2-4-19-38)44-23-11-16-36-14-6-8-20-41(36)44/h2-32H,1H3. The van der Waals surface area contributed by atoms with E-state index in [1.165, 1.54) is 49.6 Å². The average molecular weight is 603 g/mol. The fourth-order valence-corrected chi connectivity index (χ4v) is 6.64. The van der Waals surface area contributed by atoms with E-state index in [9.17, 15) is 0 Å². The Morgan fingerprint density at radius 1 is 0.298 bits per heavy atom. The molecule has 0 aliphatic heterocycles. The zero-order chi connectivity index (χ0) is 31.6. The third kappa shape index (κ3) is 5.41. The molecule has 0 radical (unpaired) electrons. The second-order valence-corrected chi connectivity index (χ2v) is 11.9. The first-order valence-electron chi connectivity index (χ1n) is 16.1. The Morgan fingerprint density at radius 3 is 1.28 bits per heavy atom. The highest BCUT2D eigenvalue weighted by Gasteiger charge is 2.18. The van der Waals surface area contributed by atoms with Crippen LogP contribution in [0.25, 0.3) is 32.7 Å². The van der Waals surface area contributed by atoms with Crippen molar-refractivity contribution in [3.8, 4) is 11.1 Å². The Morgan fingerprint density at radius 2 is 0.702 bits per heavy atom. The number of para-hydroxylation sites is 2. The Balaban J connectivity index is 1.17. The summed E-state index contributed by atoms with van der Waals surface area (Å²) in [4.78, 5) is 4.73. The molecule has 0 spiro atoms. The van der Waals surface area contributed by atoms with Crippen molar-refractivity contribution in [2.24, 2.45) is 0 Å². The van der Waals surface area contributed by atoms with Crippen LogP contribution in [-0.4, -0.2) is 0 Å². The molecule has 47 heavy (non-hydrogen) atoms. The van der Waals surface area contributed by atoms with Crippen LogP contribution >= 0.6 is 0 Å². The molecule has 0 heterocycles. The van der Waals surface area contributed by atoms with Crippen LogP contribution in [0.4, 0.5) is 34.1 Å². The van der Waals surface area contributed by atoms with Gasteiger partial charge in [0.1, 0.15) is 0 Å². The molecule has 8 aromatic carbocycles. The number of anilines is 6. The lowest BCUT2D eigenvalue weighted by Crippen LogP contribution is -2.11. The van der Waals surface area contributed by atoms with Crippen LogP contribution in [0.2, 0.25) is 0 Å². The van der Waals surface area contributed by atoms with Gasteiger partial charge < -0.3 is 9.80 Å². The van der Waals surface area contributed by atoms with Crippen LogP contribution in [0.3, 0.4) is 0 Å². The van der Waals surface area contributed by atoms with Gasteiger partial charge in [-0.25, -0.2) is 0 Å². The quantitative estimate of drug-likeness (QED) is 0.179. The molecule has 0 aliphatic rings. The second-order valence-electron chi connectivity index (χ2n) is 11.9. The highest BCUT2D eigenvalue weighted by Crippen LogP contribution is 2.42. The number of rotatable bonds is 7. The predicted molar refractivity (Wildman–Crippen MR) is 201 cm³/mol. The van der Waals surface area contributed by atoms with Crippen molar-refractivity contribution in [1.82, 2.24) is 0 Å². The SMILES string of the molecule is Cc1ccccc1N(c1ccc(-c2ccc(N(c3ccccc3)c3cccc4ccccc34)cc2)cc1)c1cccc2ccccc12. The Hall–Kier alpha value is -6.12. The molecule has 0 aromatic heterocycles. The molecule has 2 nitrogen and oxygen atoms in total. The summed E-state index contributed by atoms with van der Waals surface area (Å²) in [5.41, 5.74) is 10.5. The Labute approximate surface area is 276 Å². The van der Waals surface area contributed by atoms with Gasteiger partial charge in [-0.05, 0) is 89.0 Å². The van der Waals surface area contributed by atoms with Crippen LogP contribution in [0.1, 0.15) is 5.56 Å². The topological polar surface area (TPSA) is 6.48 Å². The van der Waals surface area contributed by atoms with E-state index in [0.29, 0.717) is 0 Å². The lowest BCUT2D eigenvalue weighted by Gasteiger charge is -2.28. The number of hydrogen-bond acceptors (Lipinski definition) is 2. The van der Waals surface area contributed by atoms with Crippen molar-refractivity contribution >= 4 is 55.7 Å². The maximum absolute atomic E-state index is 2.38. The van der Waals surface area contributed by atoms with Gasteiger partial charge in [0, 0.05) is 33.5 Å². The molecule has 0 bridgehead atoms. The minimum Gasteiger partial charge on any atom is -0.310 e. The average Bonchev–Trinajstić information content (AvgIpc) is 3.14. The molecule has 0 unspecified atom stereocenters. The zero-order valence-corrected chi connectivity index (χ0v) is 26.3. The summed E-state index contributed by atoms with van der Waals surface area (Å²) >= 11 is 0. The smallest absolute Gasteiger partial charge is 0.0540 e. The minimum absolute atomic E-state index is 1.12. The van der Waals surface area contributed by atoms with Gasteiger partial charge in [0.25, 0.3) is 0 Å². The molecular weight excluding hydrogens is 569 g/mol. The van der Waals surface area contributed by atoms with Gasteiger partial charge in [-0.15, -0.1) is 0 Å². The van der Waals surface area contributed by atoms with Gasteiger partial charge in [0.05, 0.1) is 11.4 Å². The van der Waals surface area contributed by atoms with Crippen molar-refractivity contribution in [2.75, 3.05) is 9.80 Å². The molecule has 0 saturated carbocycles. The first-order chi connectivity index (χ1) is 23.2. The van der Waals surface area contributed by atoms with Crippen molar-refractivity contribution < 1.29 is 0 Å². The highest BCUT2D eigenvalue weighted by atomic mass is 15.1. The summed E-state index contributed by atoms with van der Waals surface area (Å²) in [7, 11) is 0. The predicted octanol–water partition coefficient (Wildman–Crippen LogP) is 12.9.